The van der Waals surface area contributed by atoms with Crippen molar-refractivity contribution in [3.63, 3.8) is 0 Å². The minimum Gasteiger partial charge on any atom is -0.374 e. The summed E-state index contributed by atoms with van der Waals surface area (Å²) in [4.78, 5) is 0. The van der Waals surface area contributed by atoms with Crippen LogP contribution >= 0.6 is 0 Å². The molecule has 3 nitrogen and oxygen atoms in total. The van der Waals surface area contributed by atoms with Gasteiger partial charge in [-0.15, -0.1) is 0 Å². The molecule has 0 radical (unpaired) electrons. The van der Waals surface area contributed by atoms with Crippen molar-refractivity contribution in [2.75, 3.05) is 19.8 Å². The summed E-state index contributed by atoms with van der Waals surface area (Å²) in [6, 6.07) is 0.972. The van der Waals surface area contributed by atoms with Gasteiger partial charge < -0.3 is 13.3 Å². The van der Waals surface area contributed by atoms with Crippen LogP contribution in [0.25, 0.3) is 0 Å². The third-order valence-corrected chi connectivity index (χ3v) is 7.58. The molecule has 25 heavy (non-hydrogen) atoms. The molecule has 0 spiro atoms. The fourth-order valence-electron chi connectivity index (χ4n) is 3.18. The Balaban J connectivity index is 0. The molecule has 0 N–H and O–H groups in total. The Bertz CT molecular complexity index is 236. The lowest BCUT2D eigenvalue weighted by Crippen LogP contribution is -2.45. The summed E-state index contributed by atoms with van der Waals surface area (Å²) < 4.78 is 17.7. The van der Waals surface area contributed by atoms with Crippen molar-refractivity contribution in [3.8, 4) is 0 Å². The number of hydrogen-bond donors (Lipinski definition) is 0. The zero-order valence-corrected chi connectivity index (χ0v) is 18.0. The van der Waals surface area contributed by atoms with E-state index in [9.17, 15) is 0 Å². The summed E-state index contributed by atoms with van der Waals surface area (Å²) in [5.41, 5.74) is 0. The van der Waals surface area contributed by atoms with E-state index in [0.29, 0.717) is 19.8 Å². The first kappa shape index (κ1) is 27.5. The van der Waals surface area contributed by atoms with Crippen LogP contribution in [0, 0.1) is 0 Å². The molecule has 0 aromatic heterocycles. The summed E-state index contributed by atoms with van der Waals surface area (Å²) in [6.45, 7) is 10.4. The first-order valence-electron chi connectivity index (χ1n) is 10.7. The van der Waals surface area contributed by atoms with E-state index in [1.54, 1.807) is 0 Å². The normalized spacial score (nSPS) is 11.5. The van der Waals surface area contributed by atoms with E-state index in [1.165, 1.54) is 77.0 Å². The maximum absolute atomic E-state index is 5.90. The molecule has 0 atom stereocenters. The first-order chi connectivity index (χ1) is 11.7. The van der Waals surface area contributed by atoms with Crippen LogP contribution < -0.4 is 0 Å². The predicted octanol–water partition coefficient (Wildman–Crippen LogP) is 5.28. The van der Waals surface area contributed by atoms with E-state index >= 15 is 0 Å². The number of rotatable bonds is 19. The van der Waals surface area contributed by atoms with E-state index in [2.05, 4.69) is 6.92 Å². The Labute approximate surface area is 164 Å². The van der Waals surface area contributed by atoms with Crippen LogP contribution in [0.15, 0.2) is 0 Å². The Kier molecular flexibility index (Phi) is 22.7. The second-order valence-electron chi connectivity index (χ2n) is 6.62. The lowest BCUT2D eigenvalue weighted by molar-refractivity contribution is 0.0706. The predicted molar refractivity (Wildman–Crippen MR) is 118 cm³/mol. The molecule has 0 aromatic rings. The van der Waals surface area contributed by atoms with Gasteiger partial charge in [0.1, 0.15) is 0 Å². The van der Waals surface area contributed by atoms with Crippen molar-refractivity contribution >= 4 is 19.8 Å². The highest BCUT2D eigenvalue weighted by atomic mass is 28.4. The molecule has 0 saturated carbocycles. The van der Waals surface area contributed by atoms with Crippen molar-refractivity contribution < 1.29 is 13.3 Å². The molecule has 0 bridgehead atoms. The molecule has 0 saturated heterocycles. The van der Waals surface area contributed by atoms with E-state index in [4.69, 9.17) is 13.3 Å². The van der Waals surface area contributed by atoms with Crippen LogP contribution in [0.3, 0.4) is 0 Å². The van der Waals surface area contributed by atoms with Gasteiger partial charge in [-0.25, -0.2) is 0 Å². The zero-order chi connectivity index (χ0) is 17.9. The van der Waals surface area contributed by atoms with Crippen LogP contribution in [-0.2, 0) is 13.3 Å². The van der Waals surface area contributed by atoms with Crippen molar-refractivity contribution in [1.82, 2.24) is 0 Å². The molecule has 154 valence electrons. The highest BCUT2D eigenvalue weighted by Crippen LogP contribution is 2.21. The summed E-state index contributed by atoms with van der Waals surface area (Å²) in [5, 5.41) is 0. The van der Waals surface area contributed by atoms with Gasteiger partial charge in [0.25, 0.3) is 0 Å². The minimum atomic E-state index is -2.39. The monoisotopic (exact) mass is 392 g/mol. The molecule has 0 aliphatic rings. The zero-order valence-electron chi connectivity index (χ0n) is 17.0. The summed E-state index contributed by atoms with van der Waals surface area (Å²) in [7, 11) is -2.39. The van der Waals surface area contributed by atoms with Crippen LogP contribution in [0.4, 0.5) is 0 Å². The molecule has 0 aromatic carbocycles. The summed E-state index contributed by atoms with van der Waals surface area (Å²) in [5.74, 6) is 0. The largest absolute Gasteiger partial charge is 0.500 e. The molecule has 0 aliphatic carbocycles. The second-order valence-corrected chi connectivity index (χ2v) is 9.35. The first-order valence-corrected chi connectivity index (χ1v) is 12.6. The lowest BCUT2D eigenvalue weighted by atomic mass is 10.1. The van der Waals surface area contributed by atoms with Crippen LogP contribution in [0.5, 0.6) is 0 Å². The van der Waals surface area contributed by atoms with Gasteiger partial charge in [-0.2, -0.15) is 0 Å². The van der Waals surface area contributed by atoms with Crippen molar-refractivity contribution in [2.24, 2.45) is 0 Å². The van der Waals surface area contributed by atoms with Gasteiger partial charge in [0.05, 0.1) is 0 Å². The minimum absolute atomic E-state index is 0. The van der Waals surface area contributed by atoms with Gasteiger partial charge in [-0.05, 0) is 38.2 Å². The Morgan fingerprint density at radius 2 is 0.800 bits per heavy atom. The fourth-order valence-corrected chi connectivity index (χ4v) is 5.87. The highest BCUT2D eigenvalue weighted by Gasteiger charge is 2.39. The highest BCUT2D eigenvalue weighted by molar-refractivity contribution is 6.60. The molecular weight excluding hydrogens is 344 g/mol. The van der Waals surface area contributed by atoms with Crippen molar-refractivity contribution in [1.29, 1.82) is 0 Å². The topological polar surface area (TPSA) is 27.7 Å². The second kappa shape index (κ2) is 20.6. The van der Waals surface area contributed by atoms with Crippen LogP contribution in [0.1, 0.15) is 105 Å². The van der Waals surface area contributed by atoms with E-state index in [1.807, 2.05) is 20.8 Å². The standard InChI is InChI=1S/C20H44O3Si.H4Si/c1-5-9-10-11-12-13-14-15-16-17-18-19-20-24(21-6-2,22-7-3)23-8-4;/h5-20H2,1-4H3;1H4. The van der Waals surface area contributed by atoms with E-state index in [-0.39, 0.29) is 11.0 Å². The molecule has 0 rings (SSSR count). The maximum Gasteiger partial charge on any atom is 0.500 e. The molecule has 0 fully saturated rings. The molecular formula is C20H48O3Si2. The van der Waals surface area contributed by atoms with E-state index in [0.717, 1.165) is 6.04 Å². The van der Waals surface area contributed by atoms with Crippen LogP contribution in [-0.4, -0.2) is 39.6 Å². The third kappa shape index (κ3) is 16.2. The SMILES string of the molecule is CCCCCCCCCCCCCC[Si](OCC)(OCC)OCC.[SiH4]. The molecule has 5 heteroatoms. The van der Waals surface area contributed by atoms with Gasteiger partial charge in [0, 0.05) is 25.9 Å². The average Bonchev–Trinajstić information content (AvgIpc) is 2.56. The number of hydrogen-bond acceptors (Lipinski definition) is 3. The van der Waals surface area contributed by atoms with Gasteiger partial charge in [-0.3, -0.25) is 0 Å². The molecule has 0 unspecified atom stereocenters. The number of unbranched alkanes of at least 4 members (excludes halogenated alkanes) is 11. The average molecular weight is 393 g/mol. The smallest absolute Gasteiger partial charge is 0.374 e. The van der Waals surface area contributed by atoms with Gasteiger partial charge in [-0.1, -0.05) is 77.6 Å². The third-order valence-electron chi connectivity index (χ3n) is 4.43. The van der Waals surface area contributed by atoms with Gasteiger partial charge >= 0.3 is 8.80 Å². The molecule has 0 aliphatic heterocycles. The van der Waals surface area contributed by atoms with Crippen molar-refractivity contribution in [2.45, 2.75) is 111 Å². The Hall–Kier alpha value is 0.314. The molecule has 0 amide bonds. The Morgan fingerprint density at radius 1 is 0.480 bits per heavy atom. The van der Waals surface area contributed by atoms with Gasteiger partial charge in [0.2, 0.25) is 0 Å². The summed E-state index contributed by atoms with van der Waals surface area (Å²) in [6.07, 6.45) is 16.5. The van der Waals surface area contributed by atoms with Crippen molar-refractivity contribution in [3.05, 3.63) is 0 Å². The summed E-state index contributed by atoms with van der Waals surface area (Å²) >= 11 is 0. The fraction of sp³-hybridized carbons (Fsp3) is 1.00. The van der Waals surface area contributed by atoms with E-state index < -0.39 is 8.80 Å². The Morgan fingerprint density at radius 3 is 1.12 bits per heavy atom. The molecule has 0 heterocycles. The van der Waals surface area contributed by atoms with Gasteiger partial charge in [0.15, 0.2) is 0 Å². The lowest BCUT2D eigenvalue weighted by Gasteiger charge is -2.28. The van der Waals surface area contributed by atoms with Crippen LogP contribution in [0.2, 0.25) is 6.04 Å². The maximum atomic E-state index is 5.90. The quantitative estimate of drug-likeness (QED) is 0.221.